The molecule has 0 amide bonds. The molecule has 12 heteroatoms. The lowest BCUT2D eigenvalue weighted by Crippen LogP contribution is -2.09. The predicted molar refractivity (Wildman–Crippen MR) is 117 cm³/mol. The van der Waals surface area contributed by atoms with E-state index in [0.29, 0.717) is 33.6 Å². The van der Waals surface area contributed by atoms with Gasteiger partial charge < -0.3 is 4.98 Å². The van der Waals surface area contributed by atoms with Gasteiger partial charge in [-0.05, 0) is 31.2 Å². The Labute approximate surface area is 184 Å². The molecule has 0 aliphatic carbocycles. The number of nitrogens with one attached hydrogen (secondary N) is 1. The average Bonchev–Trinajstić information content (AvgIpc) is 3.38. The molecule has 0 spiro atoms. The minimum Gasteiger partial charge on any atom is -0.304 e. The van der Waals surface area contributed by atoms with Crippen LogP contribution in [0.25, 0.3) is 22.2 Å². The standard InChI is InChI=1S/C21H13N9O3/c1-12-18(20-24-21(31)16-4-2-3-5-17(16)29(20)27-12)25-26-19-13(10-22)11-23-28(19)14-6-8-15(9-7-14)30(32)33/h2-9,11H,1H3,(H,24,31)/b26-25+. The topological polar surface area (TPSA) is 160 Å². The summed E-state index contributed by atoms with van der Waals surface area (Å²) in [4.78, 5) is 25.7. The van der Waals surface area contributed by atoms with Crippen LogP contribution in [0.2, 0.25) is 0 Å². The molecule has 3 aromatic heterocycles. The summed E-state index contributed by atoms with van der Waals surface area (Å²) in [6.07, 6.45) is 1.33. The Morgan fingerprint density at radius 3 is 2.64 bits per heavy atom. The van der Waals surface area contributed by atoms with E-state index in [1.807, 2.05) is 6.07 Å². The van der Waals surface area contributed by atoms with Crippen molar-refractivity contribution in [2.45, 2.75) is 6.92 Å². The van der Waals surface area contributed by atoms with Crippen molar-refractivity contribution in [2.24, 2.45) is 10.2 Å². The number of hydrogen-bond acceptors (Lipinski definition) is 8. The van der Waals surface area contributed by atoms with Crippen molar-refractivity contribution in [1.29, 1.82) is 5.26 Å². The van der Waals surface area contributed by atoms with Gasteiger partial charge in [0.05, 0.1) is 33.4 Å². The molecule has 0 aliphatic rings. The van der Waals surface area contributed by atoms with Crippen molar-refractivity contribution in [3.63, 3.8) is 0 Å². The van der Waals surface area contributed by atoms with Gasteiger partial charge in [0.15, 0.2) is 17.2 Å². The van der Waals surface area contributed by atoms with Gasteiger partial charge in [-0.1, -0.05) is 12.1 Å². The molecule has 0 fully saturated rings. The normalized spacial score (nSPS) is 11.4. The van der Waals surface area contributed by atoms with Crippen molar-refractivity contribution in [1.82, 2.24) is 24.4 Å². The third kappa shape index (κ3) is 3.20. The molecule has 2 aromatic carbocycles. The van der Waals surface area contributed by atoms with Crippen LogP contribution in [0.4, 0.5) is 17.2 Å². The van der Waals surface area contributed by atoms with Crippen LogP contribution in [0.15, 0.2) is 69.8 Å². The summed E-state index contributed by atoms with van der Waals surface area (Å²) in [5.41, 5.74) is 2.09. The molecule has 0 saturated heterocycles. The Hall–Kier alpha value is -5.18. The van der Waals surface area contributed by atoms with Gasteiger partial charge in [0.25, 0.3) is 11.2 Å². The Bertz CT molecular complexity index is 1680. The van der Waals surface area contributed by atoms with Crippen LogP contribution < -0.4 is 5.56 Å². The molecular formula is C21H13N9O3. The number of nitro benzene ring substituents is 1. The molecule has 12 nitrogen and oxygen atoms in total. The largest absolute Gasteiger partial charge is 0.304 e. The van der Waals surface area contributed by atoms with Crippen LogP contribution >= 0.6 is 0 Å². The number of aromatic nitrogens is 5. The van der Waals surface area contributed by atoms with E-state index in [1.54, 1.807) is 35.7 Å². The number of fused-ring (bicyclic) bond motifs is 3. The zero-order valence-corrected chi connectivity index (χ0v) is 17.0. The summed E-state index contributed by atoms with van der Waals surface area (Å²) in [5, 5.41) is 38.0. The highest BCUT2D eigenvalue weighted by Crippen LogP contribution is 2.30. The molecule has 160 valence electrons. The lowest BCUT2D eigenvalue weighted by Gasteiger charge is -2.03. The third-order valence-corrected chi connectivity index (χ3v) is 5.05. The maximum Gasteiger partial charge on any atom is 0.269 e. The minimum atomic E-state index is -0.507. The van der Waals surface area contributed by atoms with Gasteiger partial charge in [-0.25, -0.2) is 9.20 Å². The van der Waals surface area contributed by atoms with E-state index >= 15 is 0 Å². The molecule has 3 heterocycles. The maximum absolute atomic E-state index is 12.5. The molecule has 5 rings (SSSR count). The quantitative estimate of drug-likeness (QED) is 0.254. The van der Waals surface area contributed by atoms with E-state index in [-0.39, 0.29) is 22.6 Å². The predicted octanol–water partition coefficient (Wildman–Crippen LogP) is 3.87. The summed E-state index contributed by atoms with van der Waals surface area (Å²) in [6, 6.07) is 14.7. The first-order chi connectivity index (χ1) is 16.0. The SMILES string of the molecule is Cc1nn2c([nH]c(=O)c3ccccc32)c1/N=N/c1c(C#N)cnn1-c1ccc([N+](=O)[O-])cc1. The highest BCUT2D eigenvalue weighted by Gasteiger charge is 2.17. The first-order valence-electron chi connectivity index (χ1n) is 9.63. The van der Waals surface area contributed by atoms with Crippen molar-refractivity contribution < 1.29 is 4.92 Å². The number of benzene rings is 2. The van der Waals surface area contributed by atoms with Crippen molar-refractivity contribution in [3.8, 4) is 11.8 Å². The number of hydrogen-bond donors (Lipinski definition) is 1. The van der Waals surface area contributed by atoms with Gasteiger partial charge in [0, 0.05) is 12.1 Å². The van der Waals surface area contributed by atoms with Crippen LogP contribution in [-0.4, -0.2) is 29.3 Å². The van der Waals surface area contributed by atoms with E-state index in [1.165, 1.54) is 35.1 Å². The second kappa shape index (κ2) is 7.50. The van der Waals surface area contributed by atoms with Crippen LogP contribution in [0.5, 0.6) is 0 Å². The first-order valence-corrected chi connectivity index (χ1v) is 9.63. The molecule has 33 heavy (non-hydrogen) atoms. The maximum atomic E-state index is 12.5. The zero-order chi connectivity index (χ0) is 23.1. The second-order valence-electron chi connectivity index (χ2n) is 7.04. The van der Waals surface area contributed by atoms with Crippen molar-refractivity contribution in [2.75, 3.05) is 0 Å². The fraction of sp³-hybridized carbons (Fsp3) is 0.0476. The molecule has 0 atom stereocenters. The molecular weight excluding hydrogens is 426 g/mol. The number of nitrogens with zero attached hydrogens (tertiary/aromatic N) is 8. The number of aryl methyl sites for hydroxylation is 1. The lowest BCUT2D eigenvalue weighted by molar-refractivity contribution is -0.384. The van der Waals surface area contributed by atoms with E-state index in [0.717, 1.165) is 0 Å². The fourth-order valence-electron chi connectivity index (χ4n) is 3.47. The molecule has 5 aromatic rings. The monoisotopic (exact) mass is 439 g/mol. The summed E-state index contributed by atoms with van der Waals surface area (Å²) in [7, 11) is 0. The molecule has 1 N–H and O–H groups in total. The number of rotatable bonds is 4. The van der Waals surface area contributed by atoms with Crippen LogP contribution in [0, 0.1) is 28.4 Å². The van der Waals surface area contributed by atoms with Crippen LogP contribution in [-0.2, 0) is 0 Å². The average molecular weight is 439 g/mol. The van der Waals surface area contributed by atoms with E-state index in [9.17, 15) is 20.2 Å². The van der Waals surface area contributed by atoms with Crippen molar-refractivity contribution in [3.05, 3.63) is 86.5 Å². The zero-order valence-electron chi connectivity index (χ0n) is 17.0. The highest BCUT2D eigenvalue weighted by atomic mass is 16.6. The number of azo groups is 1. The third-order valence-electron chi connectivity index (χ3n) is 5.05. The molecule has 0 unspecified atom stereocenters. The van der Waals surface area contributed by atoms with Crippen molar-refractivity contribution >= 4 is 33.7 Å². The Morgan fingerprint density at radius 2 is 1.91 bits per heavy atom. The summed E-state index contributed by atoms with van der Waals surface area (Å²) in [5.74, 6) is 0.133. The second-order valence-corrected chi connectivity index (χ2v) is 7.04. The Morgan fingerprint density at radius 1 is 1.15 bits per heavy atom. The van der Waals surface area contributed by atoms with Crippen LogP contribution in [0.3, 0.4) is 0 Å². The van der Waals surface area contributed by atoms with Gasteiger partial charge in [0.2, 0.25) is 0 Å². The van der Waals surface area contributed by atoms with E-state index in [2.05, 4.69) is 25.4 Å². The first kappa shape index (κ1) is 19.8. The molecule has 0 saturated carbocycles. The van der Waals surface area contributed by atoms with E-state index in [4.69, 9.17) is 0 Å². The van der Waals surface area contributed by atoms with Gasteiger partial charge in [0.1, 0.15) is 11.6 Å². The molecule has 0 radical (unpaired) electrons. The van der Waals surface area contributed by atoms with Gasteiger partial charge in [-0.2, -0.15) is 15.5 Å². The van der Waals surface area contributed by atoms with Gasteiger partial charge in [-0.3, -0.25) is 14.9 Å². The smallest absolute Gasteiger partial charge is 0.269 e. The number of nitro groups is 1. The molecule has 0 bridgehead atoms. The number of H-pyrrole nitrogens is 1. The number of para-hydroxylation sites is 1. The van der Waals surface area contributed by atoms with Crippen LogP contribution in [0.1, 0.15) is 11.3 Å². The number of aromatic amines is 1. The lowest BCUT2D eigenvalue weighted by atomic mass is 10.2. The summed E-state index contributed by atoms with van der Waals surface area (Å²) >= 11 is 0. The minimum absolute atomic E-state index is 0.0762. The van der Waals surface area contributed by atoms with Gasteiger partial charge in [-0.15, -0.1) is 10.2 Å². The fourth-order valence-corrected chi connectivity index (χ4v) is 3.47. The Balaban J connectivity index is 1.64. The number of nitriles is 1. The summed E-state index contributed by atoms with van der Waals surface area (Å²) < 4.78 is 2.93. The summed E-state index contributed by atoms with van der Waals surface area (Å²) in [6.45, 7) is 1.73. The highest BCUT2D eigenvalue weighted by molar-refractivity contribution is 5.83. The number of non-ortho nitro benzene ring substituents is 1. The van der Waals surface area contributed by atoms with E-state index < -0.39 is 4.92 Å². The molecule has 0 aliphatic heterocycles. The Kier molecular flexibility index (Phi) is 4.49. The van der Waals surface area contributed by atoms with Gasteiger partial charge >= 0.3 is 0 Å².